The largest absolute Gasteiger partial charge is 0.497 e. The molecule has 0 unspecified atom stereocenters. The number of benzene rings is 1. The number of rotatable bonds is 5. The Kier molecular flexibility index (Phi) is 5.36. The van der Waals surface area contributed by atoms with Crippen molar-refractivity contribution in [2.75, 3.05) is 13.7 Å². The molecule has 0 spiro atoms. The summed E-state index contributed by atoms with van der Waals surface area (Å²) in [6, 6.07) is 7.89. The van der Waals surface area contributed by atoms with Crippen LogP contribution in [0, 0.1) is 0 Å². The third-order valence-corrected chi connectivity index (χ3v) is 2.20. The lowest BCUT2D eigenvalue weighted by Crippen LogP contribution is -2.32. The van der Waals surface area contributed by atoms with E-state index in [1.807, 2.05) is 24.3 Å². The van der Waals surface area contributed by atoms with E-state index in [4.69, 9.17) is 10.6 Å². The molecule has 3 N–H and O–H groups in total. The van der Waals surface area contributed by atoms with E-state index in [1.54, 1.807) is 7.11 Å². The minimum absolute atomic E-state index is 0.702. The normalized spacial score (nSPS) is 11.3. The topological polar surface area (TPSA) is 59.6 Å². The van der Waals surface area contributed by atoms with Crippen LogP contribution in [0.15, 0.2) is 29.3 Å². The fourth-order valence-corrected chi connectivity index (χ4v) is 1.38. The number of hydrogen-bond donors (Lipinski definition) is 2. The monoisotopic (exact) mass is 221 g/mol. The standard InChI is InChI=1S/C12H19N3O/c1-3-7-14-12(15-13)9-10-5-4-6-11(8-10)16-2/h4-6,8H,3,7,9,13H2,1-2H3,(H,14,15). The van der Waals surface area contributed by atoms with E-state index >= 15 is 0 Å². The van der Waals surface area contributed by atoms with Crippen molar-refractivity contribution in [1.29, 1.82) is 0 Å². The van der Waals surface area contributed by atoms with E-state index < -0.39 is 0 Å². The van der Waals surface area contributed by atoms with Gasteiger partial charge in [0.25, 0.3) is 0 Å². The van der Waals surface area contributed by atoms with Gasteiger partial charge in [0.2, 0.25) is 0 Å². The summed E-state index contributed by atoms with van der Waals surface area (Å²) in [4.78, 5) is 4.35. The summed E-state index contributed by atoms with van der Waals surface area (Å²) < 4.78 is 5.16. The van der Waals surface area contributed by atoms with Crippen molar-refractivity contribution in [3.05, 3.63) is 29.8 Å². The van der Waals surface area contributed by atoms with Crippen molar-refractivity contribution in [2.45, 2.75) is 19.8 Å². The minimum atomic E-state index is 0.702. The van der Waals surface area contributed by atoms with E-state index in [-0.39, 0.29) is 0 Å². The first-order valence-corrected chi connectivity index (χ1v) is 5.43. The van der Waals surface area contributed by atoms with E-state index in [0.717, 1.165) is 30.1 Å². The van der Waals surface area contributed by atoms with Gasteiger partial charge in [-0.2, -0.15) is 0 Å². The van der Waals surface area contributed by atoms with Gasteiger partial charge in [0.15, 0.2) is 0 Å². The average molecular weight is 221 g/mol. The van der Waals surface area contributed by atoms with Crippen molar-refractivity contribution in [3.8, 4) is 5.75 Å². The fraction of sp³-hybridized carbons (Fsp3) is 0.417. The molecule has 0 saturated carbocycles. The predicted octanol–water partition coefficient (Wildman–Crippen LogP) is 1.51. The molecule has 0 heterocycles. The molecule has 0 bridgehead atoms. The van der Waals surface area contributed by atoms with Crippen molar-refractivity contribution in [2.24, 2.45) is 10.8 Å². The number of nitrogens with zero attached hydrogens (tertiary/aromatic N) is 1. The predicted molar refractivity (Wildman–Crippen MR) is 66.6 cm³/mol. The first-order valence-electron chi connectivity index (χ1n) is 5.43. The second-order valence-electron chi connectivity index (χ2n) is 3.50. The van der Waals surface area contributed by atoms with Crippen molar-refractivity contribution < 1.29 is 4.74 Å². The zero-order valence-electron chi connectivity index (χ0n) is 9.86. The molecular weight excluding hydrogens is 202 g/mol. The highest BCUT2D eigenvalue weighted by Gasteiger charge is 2.00. The van der Waals surface area contributed by atoms with Crippen LogP contribution in [0.5, 0.6) is 5.75 Å². The van der Waals surface area contributed by atoms with Crippen molar-refractivity contribution in [3.63, 3.8) is 0 Å². The van der Waals surface area contributed by atoms with Crippen LogP contribution in [0.25, 0.3) is 0 Å². The minimum Gasteiger partial charge on any atom is -0.497 e. The molecule has 0 aliphatic rings. The maximum Gasteiger partial charge on any atom is 0.119 e. The van der Waals surface area contributed by atoms with Crippen LogP contribution in [0.3, 0.4) is 0 Å². The average Bonchev–Trinajstić information content (AvgIpc) is 2.34. The first kappa shape index (κ1) is 12.5. The van der Waals surface area contributed by atoms with Gasteiger partial charge in [-0.15, -0.1) is 0 Å². The number of ether oxygens (including phenoxy) is 1. The van der Waals surface area contributed by atoms with Gasteiger partial charge in [-0.1, -0.05) is 19.1 Å². The third-order valence-electron chi connectivity index (χ3n) is 2.20. The van der Waals surface area contributed by atoms with Gasteiger partial charge >= 0.3 is 0 Å². The second-order valence-corrected chi connectivity index (χ2v) is 3.50. The van der Waals surface area contributed by atoms with Crippen LogP contribution in [-0.4, -0.2) is 19.5 Å². The highest BCUT2D eigenvalue weighted by molar-refractivity contribution is 5.83. The van der Waals surface area contributed by atoms with Crippen LogP contribution < -0.4 is 16.0 Å². The Morgan fingerprint density at radius 1 is 1.50 bits per heavy atom. The SMILES string of the molecule is CCCN=C(Cc1cccc(OC)c1)NN. The molecule has 1 rings (SSSR count). The van der Waals surface area contributed by atoms with Gasteiger partial charge in [-0.05, 0) is 24.1 Å². The molecule has 16 heavy (non-hydrogen) atoms. The summed E-state index contributed by atoms with van der Waals surface area (Å²) in [5, 5.41) is 0. The zero-order valence-corrected chi connectivity index (χ0v) is 9.86. The highest BCUT2D eigenvalue weighted by Crippen LogP contribution is 2.12. The Morgan fingerprint density at radius 3 is 2.94 bits per heavy atom. The molecule has 0 aliphatic carbocycles. The first-order chi connectivity index (χ1) is 7.80. The Hall–Kier alpha value is -1.55. The lowest BCUT2D eigenvalue weighted by Gasteiger charge is -2.07. The van der Waals surface area contributed by atoms with E-state index in [1.165, 1.54) is 0 Å². The molecule has 4 nitrogen and oxygen atoms in total. The molecule has 88 valence electrons. The molecule has 0 fully saturated rings. The van der Waals surface area contributed by atoms with E-state index in [0.29, 0.717) is 6.42 Å². The Labute approximate surface area is 96.5 Å². The Balaban J connectivity index is 2.69. The lowest BCUT2D eigenvalue weighted by molar-refractivity contribution is 0.414. The number of nitrogens with one attached hydrogen (secondary N) is 1. The van der Waals surface area contributed by atoms with Gasteiger partial charge in [-0.25, -0.2) is 5.84 Å². The summed E-state index contributed by atoms with van der Waals surface area (Å²) in [5.41, 5.74) is 3.76. The van der Waals surface area contributed by atoms with E-state index in [2.05, 4.69) is 17.3 Å². The van der Waals surface area contributed by atoms with Gasteiger partial charge in [0.05, 0.1) is 7.11 Å². The van der Waals surface area contributed by atoms with Crippen LogP contribution >= 0.6 is 0 Å². The zero-order chi connectivity index (χ0) is 11.8. The highest BCUT2D eigenvalue weighted by atomic mass is 16.5. The quantitative estimate of drug-likeness (QED) is 0.343. The molecule has 1 aromatic rings. The van der Waals surface area contributed by atoms with E-state index in [9.17, 15) is 0 Å². The number of methoxy groups -OCH3 is 1. The van der Waals surface area contributed by atoms with Gasteiger partial charge in [-0.3, -0.25) is 4.99 Å². The number of hydrogen-bond acceptors (Lipinski definition) is 3. The maximum atomic E-state index is 5.42. The molecule has 0 aromatic heterocycles. The molecule has 0 atom stereocenters. The molecule has 4 heteroatoms. The number of nitrogens with two attached hydrogens (primary N) is 1. The number of amidine groups is 1. The molecule has 1 aromatic carbocycles. The van der Waals surface area contributed by atoms with Crippen LogP contribution in [0.1, 0.15) is 18.9 Å². The summed E-state index contributed by atoms with van der Waals surface area (Å²) in [5.74, 6) is 7.07. The van der Waals surface area contributed by atoms with Crippen LogP contribution in [-0.2, 0) is 6.42 Å². The maximum absolute atomic E-state index is 5.42. The summed E-state index contributed by atoms with van der Waals surface area (Å²) >= 11 is 0. The second kappa shape index (κ2) is 6.85. The Morgan fingerprint density at radius 2 is 2.31 bits per heavy atom. The summed E-state index contributed by atoms with van der Waals surface area (Å²) in [7, 11) is 1.66. The van der Waals surface area contributed by atoms with Crippen molar-refractivity contribution in [1.82, 2.24) is 5.43 Å². The number of aliphatic imine (C=N–C) groups is 1. The van der Waals surface area contributed by atoms with Crippen LogP contribution in [0.4, 0.5) is 0 Å². The lowest BCUT2D eigenvalue weighted by atomic mass is 10.1. The van der Waals surface area contributed by atoms with Crippen LogP contribution in [0.2, 0.25) is 0 Å². The molecule has 0 aliphatic heterocycles. The summed E-state index contributed by atoms with van der Waals surface area (Å²) in [6.07, 6.45) is 1.72. The molecule has 0 radical (unpaired) electrons. The summed E-state index contributed by atoms with van der Waals surface area (Å²) in [6.45, 7) is 2.88. The number of hydrazine groups is 1. The van der Waals surface area contributed by atoms with Gasteiger partial charge < -0.3 is 10.2 Å². The third kappa shape index (κ3) is 3.90. The molecular formula is C12H19N3O. The Bertz CT molecular complexity index is 350. The van der Waals surface area contributed by atoms with Crippen molar-refractivity contribution >= 4 is 5.84 Å². The smallest absolute Gasteiger partial charge is 0.119 e. The van der Waals surface area contributed by atoms with Gasteiger partial charge in [0.1, 0.15) is 11.6 Å². The fourth-order valence-electron chi connectivity index (χ4n) is 1.38. The molecule has 0 saturated heterocycles. The molecule has 0 amide bonds. The van der Waals surface area contributed by atoms with Gasteiger partial charge in [0, 0.05) is 13.0 Å².